The first-order valence-electron chi connectivity index (χ1n) is 9.50. The van der Waals surface area contributed by atoms with Crippen LogP contribution >= 0.6 is 27.3 Å². The van der Waals surface area contributed by atoms with Gasteiger partial charge < -0.3 is 9.64 Å². The number of ether oxygens (including phenoxy) is 1. The van der Waals surface area contributed by atoms with Crippen molar-refractivity contribution in [1.29, 1.82) is 0 Å². The van der Waals surface area contributed by atoms with Crippen LogP contribution < -0.4 is 14.4 Å². The van der Waals surface area contributed by atoms with Gasteiger partial charge in [0.25, 0.3) is 0 Å². The van der Waals surface area contributed by atoms with Crippen LogP contribution in [0.15, 0.2) is 16.7 Å². The van der Waals surface area contributed by atoms with E-state index >= 15 is 0 Å². The summed E-state index contributed by atoms with van der Waals surface area (Å²) in [5.74, 6) is 0.887. The van der Waals surface area contributed by atoms with Gasteiger partial charge in [-0.2, -0.15) is 0 Å². The standard InChI is InChI=1S/C19H22BrN5O3S2/c1-11-14(20)16-17(29-11)15(22-19(23-16)25-7-5-4-6-8-25)12-9-13(24-30(3,26)27)18(28-2)21-10-12/h9-10,24H,4-8H2,1-3H3. The molecule has 4 rings (SSSR count). The van der Waals surface area contributed by atoms with E-state index in [1.807, 2.05) is 6.92 Å². The van der Waals surface area contributed by atoms with E-state index in [0.717, 1.165) is 57.4 Å². The minimum Gasteiger partial charge on any atom is -0.480 e. The monoisotopic (exact) mass is 511 g/mol. The molecule has 11 heteroatoms. The fourth-order valence-electron chi connectivity index (χ4n) is 3.50. The zero-order valence-electron chi connectivity index (χ0n) is 16.9. The Kier molecular flexibility index (Phi) is 5.86. The number of halogens is 1. The Balaban J connectivity index is 1.91. The number of hydrogen-bond donors (Lipinski definition) is 1. The molecule has 0 radical (unpaired) electrons. The fraction of sp³-hybridized carbons (Fsp3) is 0.421. The second kappa shape index (κ2) is 8.27. The number of rotatable bonds is 5. The largest absolute Gasteiger partial charge is 0.480 e. The summed E-state index contributed by atoms with van der Waals surface area (Å²) in [7, 11) is -2.04. The van der Waals surface area contributed by atoms with Gasteiger partial charge in [0.1, 0.15) is 11.2 Å². The summed E-state index contributed by atoms with van der Waals surface area (Å²) in [4.78, 5) is 17.3. The molecule has 1 saturated heterocycles. The van der Waals surface area contributed by atoms with Gasteiger partial charge in [0.15, 0.2) is 0 Å². The van der Waals surface area contributed by atoms with Crippen LogP contribution in [0.5, 0.6) is 5.88 Å². The lowest BCUT2D eigenvalue weighted by molar-refractivity contribution is 0.400. The summed E-state index contributed by atoms with van der Waals surface area (Å²) < 4.78 is 33.2. The predicted octanol–water partition coefficient (Wildman–Crippen LogP) is 4.19. The molecule has 1 aliphatic rings. The highest BCUT2D eigenvalue weighted by Gasteiger charge is 2.22. The van der Waals surface area contributed by atoms with E-state index in [1.165, 1.54) is 13.5 Å². The van der Waals surface area contributed by atoms with Crippen molar-refractivity contribution in [3.63, 3.8) is 0 Å². The number of aryl methyl sites for hydroxylation is 1. The molecule has 1 fully saturated rings. The van der Waals surface area contributed by atoms with E-state index in [1.54, 1.807) is 23.6 Å². The first-order valence-corrected chi connectivity index (χ1v) is 13.0. The molecule has 1 aliphatic heterocycles. The minimum absolute atomic E-state index is 0.203. The van der Waals surface area contributed by atoms with Crippen molar-refractivity contribution in [2.24, 2.45) is 0 Å². The van der Waals surface area contributed by atoms with Gasteiger partial charge in [-0.3, -0.25) is 4.72 Å². The number of nitrogens with one attached hydrogen (secondary N) is 1. The zero-order chi connectivity index (χ0) is 21.5. The number of pyridine rings is 1. The summed E-state index contributed by atoms with van der Waals surface area (Å²) in [5.41, 5.74) is 2.56. The van der Waals surface area contributed by atoms with Crippen LogP contribution in [-0.4, -0.2) is 49.8 Å². The van der Waals surface area contributed by atoms with Gasteiger partial charge in [0, 0.05) is 29.7 Å². The Morgan fingerprint density at radius 1 is 1.23 bits per heavy atom. The van der Waals surface area contributed by atoms with E-state index in [0.29, 0.717) is 11.5 Å². The Morgan fingerprint density at radius 3 is 2.63 bits per heavy atom. The van der Waals surface area contributed by atoms with Crippen LogP contribution in [0.25, 0.3) is 21.5 Å². The van der Waals surface area contributed by atoms with E-state index in [9.17, 15) is 8.42 Å². The molecular weight excluding hydrogens is 490 g/mol. The number of thiophene rings is 1. The normalized spacial score (nSPS) is 14.9. The van der Waals surface area contributed by atoms with Gasteiger partial charge in [0.05, 0.1) is 28.2 Å². The van der Waals surface area contributed by atoms with Crippen LogP contribution in [0.1, 0.15) is 24.1 Å². The molecule has 0 spiro atoms. The van der Waals surface area contributed by atoms with E-state index in [2.05, 4.69) is 30.5 Å². The van der Waals surface area contributed by atoms with E-state index in [-0.39, 0.29) is 11.6 Å². The maximum absolute atomic E-state index is 11.8. The highest BCUT2D eigenvalue weighted by atomic mass is 79.9. The molecule has 4 heterocycles. The van der Waals surface area contributed by atoms with Gasteiger partial charge >= 0.3 is 0 Å². The van der Waals surface area contributed by atoms with Crippen LogP contribution in [0.4, 0.5) is 11.6 Å². The molecule has 0 unspecified atom stereocenters. The van der Waals surface area contributed by atoms with E-state index in [4.69, 9.17) is 14.7 Å². The molecule has 0 bridgehead atoms. The molecule has 0 saturated carbocycles. The Bertz CT molecular complexity index is 1210. The number of anilines is 2. The number of hydrogen-bond acceptors (Lipinski definition) is 8. The van der Waals surface area contributed by atoms with Crippen molar-refractivity contribution >= 4 is 59.1 Å². The van der Waals surface area contributed by atoms with Gasteiger partial charge in [-0.05, 0) is 48.2 Å². The number of aromatic nitrogens is 3. The topological polar surface area (TPSA) is 97.3 Å². The SMILES string of the molecule is COc1ncc(-c2nc(N3CCCCC3)nc3c(Br)c(C)sc23)cc1NS(C)(=O)=O. The Labute approximate surface area is 187 Å². The third-order valence-electron chi connectivity index (χ3n) is 4.88. The van der Waals surface area contributed by atoms with Crippen molar-refractivity contribution in [2.75, 3.05) is 36.1 Å². The third-order valence-corrected chi connectivity index (χ3v) is 7.80. The first-order chi connectivity index (χ1) is 14.3. The lowest BCUT2D eigenvalue weighted by Crippen LogP contribution is -2.31. The van der Waals surface area contributed by atoms with Gasteiger partial charge in [-0.15, -0.1) is 11.3 Å². The number of sulfonamides is 1. The van der Waals surface area contributed by atoms with E-state index < -0.39 is 10.0 Å². The summed E-state index contributed by atoms with van der Waals surface area (Å²) >= 11 is 5.26. The molecule has 30 heavy (non-hydrogen) atoms. The van der Waals surface area contributed by atoms with Crippen LogP contribution in [0, 0.1) is 6.92 Å². The molecule has 3 aromatic heterocycles. The summed E-state index contributed by atoms with van der Waals surface area (Å²) in [6.07, 6.45) is 6.20. The average Bonchev–Trinajstić information content (AvgIpc) is 3.01. The molecule has 1 N–H and O–H groups in total. The van der Waals surface area contributed by atoms with Crippen molar-refractivity contribution in [3.8, 4) is 17.1 Å². The maximum Gasteiger partial charge on any atom is 0.238 e. The molecule has 0 amide bonds. The second-order valence-corrected chi connectivity index (χ2v) is 11.0. The summed E-state index contributed by atoms with van der Waals surface area (Å²) in [5, 5.41) is 0. The Morgan fingerprint density at radius 2 is 1.97 bits per heavy atom. The maximum atomic E-state index is 11.8. The number of fused-ring (bicyclic) bond motifs is 1. The fourth-order valence-corrected chi connectivity index (χ4v) is 5.70. The zero-order valence-corrected chi connectivity index (χ0v) is 20.1. The quantitative estimate of drug-likeness (QED) is 0.548. The molecule has 0 aromatic carbocycles. The number of nitrogens with zero attached hydrogens (tertiary/aromatic N) is 4. The van der Waals surface area contributed by atoms with Gasteiger partial charge in [0.2, 0.25) is 21.9 Å². The highest BCUT2D eigenvalue weighted by molar-refractivity contribution is 9.10. The number of piperidine rings is 1. The van der Waals surface area contributed by atoms with Gasteiger partial charge in [-0.1, -0.05) is 0 Å². The molecule has 0 aliphatic carbocycles. The summed E-state index contributed by atoms with van der Waals surface area (Å²) in [6.45, 7) is 3.88. The smallest absolute Gasteiger partial charge is 0.238 e. The summed E-state index contributed by atoms with van der Waals surface area (Å²) in [6, 6.07) is 1.71. The first kappa shape index (κ1) is 21.3. The predicted molar refractivity (Wildman–Crippen MR) is 124 cm³/mol. The lowest BCUT2D eigenvalue weighted by atomic mass is 10.1. The third kappa shape index (κ3) is 4.23. The molecular formula is C19H22BrN5O3S2. The highest BCUT2D eigenvalue weighted by Crippen LogP contribution is 2.41. The van der Waals surface area contributed by atoms with Crippen LogP contribution in [0.2, 0.25) is 0 Å². The van der Waals surface area contributed by atoms with Crippen LogP contribution in [-0.2, 0) is 10.0 Å². The average molecular weight is 512 g/mol. The Hall–Kier alpha value is -1.98. The van der Waals surface area contributed by atoms with Crippen molar-refractivity contribution in [2.45, 2.75) is 26.2 Å². The molecule has 3 aromatic rings. The number of methoxy groups -OCH3 is 1. The second-order valence-electron chi connectivity index (χ2n) is 7.22. The van der Waals surface area contributed by atoms with Crippen molar-refractivity contribution in [3.05, 3.63) is 21.6 Å². The minimum atomic E-state index is -3.49. The van der Waals surface area contributed by atoms with Crippen molar-refractivity contribution in [1.82, 2.24) is 15.0 Å². The van der Waals surface area contributed by atoms with Crippen molar-refractivity contribution < 1.29 is 13.2 Å². The van der Waals surface area contributed by atoms with Gasteiger partial charge in [-0.25, -0.2) is 23.4 Å². The lowest BCUT2D eigenvalue weighted by Gasteiger charge is -2.27. The molecule has 160 valence electrons. The molecule has 0 atom stereocenters. The molecule has 8 nitrogen and oxygen atoms in total. The van der Waals surface area contributed by atoms with Crippen LogP contribution in [0.3, 0.4) is 0 Å².